The lowest BCUT2D eigenvalue weighted by Crippen LogP contribution is -2.26. The Morgan fingerprint density at radius 2 is 2.00 bits per heavy atom. The molecule has 4 heterocycles. The van der Waals surface area contributed by atoms with Crippen LogP contribution in [0, 0.1) is 0 Å². The molecule has 3 aromatic heterocycles. The van der Waals surface area contributed by atoms with Crippen LogP contribution in [-0.2, 0) is 25.9 Å². The van der Waals surface area contributed by atoms with Crippen LogP contribution in [0.1, 0.15) is 29.4 Å². The molecule has 0 spiro atoms. The van der Waals surface area contributed by atoms with Gasteiger partial charge in [0.15, 0.2) is 0 Å². The zero-order chi connectivity index (χ0) is 21.2. The second-order valence-electron chi connectivity index (χ2n) is 8.11. The molecule has 0 atom stereocenters. The summed E-state index contributed by atoms with van der Waals surface area (Å²) >= 11 is 0. The van der Waals surface area contributed by atoms with E-state index < -0.39 is 0 Å². The van der Waals surface area contributed by atoms with Crippen molar-refractivity contribution in [3.63, 3.8) is 0 Å². The molecule has 0 unspecified atom stereocenters. The highest BCUT2D eigenvalue weighted by Gasteiger charge is 2.16. The van der Waals surface area contributed by atoms with Crippen molar-refractivity contribution in [3.8, 4) is 22.5 Å². The van der Waals surface area contributed by atoms with Crippen molar-refractivity contribution in [3.05, 3.63) is 83.7 Å². The number of aryl methyl sites for hydroxylation is 1. The van der Waals surface area contributed by atoms with E-state index in [-0.39, 0.29) is 0 Å². The van der Waals surface area contributed by atoms with Gasteiger partial charge >= 0.3 is 0 Å². The minimum atomic E-state index is 0.723. The van der Waals surface area contributed by atoms with Crippen LogP contribution < -0.4 is 0 Å². The summed E-state index contributed by atoms with van der Waals surface area (Å²) in [6, 6.07) is 12.7. The third-order valence-electron chi connectivity index (χ3n) is 5.84. The fourth-order valence-corrected chi connectivity index (χ4v) is 4.16. The largest absolute Gasteiger partial charge is 0.302 e. The van der Waals surface area contributed by atoms with Crippen LogP contribution in [0.3, 0.4) is 0 Å². The van der Waals surface area contributed by atoms with E-state index in [4.69, 9.17) is 10.1 Å². The first-order chi connectivity index (χ1) is 15.2. The Labute approximate surface area is 182 Å². The summed E-state index contributed by atoms with van der Waals surface area (Å²) in [5.41, 5.74) is 7.93. The Bertz CT molecular complexity index is 1200. The number of benzene rings is 1. The van der Waals surface area contributed by atoms with Crippen LogP contribution in [0.15, 0.2) is 61.2 Å². The number of nitrogens with zero attached hydrogens (tertiary/aromatic N) is 6. The van der Waals surface area contributed by atoms with Gasteiger partial charge in [-0.3, -0.25) is 9.67 Å². The third kappa shape index (κ3) is 4.11. The van der Waals surface area contributed by atoms with Crippen LogP contribution in [0.25, 0.3) is 22.5 Å². The maximum atomic E-state index is 4.90. The van der Waals surface area contributed by atoms with Gasteiger partial charge in [-0.15, -0.1) is 0 Å². The molecule has 1 aromatic carbocycles. The molecule has 0 radical (unpaired) electrons. The highest BCUT2D eigenvalue weighted by molar-refractivity contribution is 5.78. The van der Waals surface area contributed by atoms with Crippen molar-refractivity contribution in [1.29, 1.82) is 0 Å². The van der Waals surface area contributed by atoms with E-state index in [2.05, 4.69) is 53.2 Å². The van der Waals surface area contributed by atoms with Gasteiger partial charge in [-0.1, -0.05) is 18.2 Å². The van der Waals surface area contributed by atoms with E-state index in [9.17, 15) is 0 Å². The Hall–Kier alpha value is -3.38. The summed E-state index contributed by atoms with van der Waals surface area (Å²) < 4.78 is 1.94. The van der Waals surface area contributed by atoms with Crippen LogP contribution in [-0.4, -0.2) is 43.2 Å². The summed E-state index contributed by atoms with van der Waals surface area (Å²) in [4.78, 5) is 16.1. The third-order valence-corrected chi connectivity index (χ3v) is 5.84. The Morgan fingerprint density at radius 3 is 2.84 bits per heavy atom. The van der Waals surface area contributed by atoms with Crippen molar-refractivity contribution < 1.29 is 0 Å². The van der Waals surface area contributed by atoms with Crippen LogP contribution in [0.5, 0.6) is 0 Å². The second kappa shape index (κ2) is 8.40. The molecule has 0 N–H and O–H groups in total. The smallest absolute Gasteiger partial charge is 0.133 e. The number of pyridine rings is 1. The normalized spacial score (nSPS) is 13.9. The van der Waals surface area contributed by atoms with Crippen LogP contribution in [0.4, 0.5) is 0 Å². The summed E-state index contributed by atoms with van der Waals surface area (Å²) in [7, 11) is 2.18. The van der Waals surface area contributed by atoms with E-state index in [1.807, 2.05) is 35.3 Å². The van der Waals surface area contributed by atoms with Gasteiger partial charge in [0.1, 0.15) is 11.5 Å². The van der Waals surface area contributed by atoms with Crippen molar-refractivity contribution in [2.24, 2.45) is 0 Å². The number of aromatic nitrogens is 5. The lowest BCUT2D eigenvalue weighted by molar-refractivity contribution is 0.313. The number of hydrogen-bond donors (Lipinski definition) is 0. The van der Waals surface area contributed by atoms with E-state index in [0.29, 0.717) is 0 Å². The fraction of sp³-hybridized carbons (Fsp3) is 0.280. The molecule has 31 heavy (non-hydrogen) atoms. The molecule has 4 aromatic rings. The molecule has 1 aliphatic heterocycles. The first kappa shape index (κ1) is 19.6. The summed E-state index contributed by atoms with van der Waals surface area (Å²) in [5, 5.41) is 4.76. The molecule has 0 bridgehead atoms. The van der Waals surface area contributed by atoms with Gasteiger partial charge in [0.05, 0.1) is 5.69 Å². The standard InChI is InChI=1S/C25H26N6/c1-3-31-17-22(25(29-31)20-5-4-10-26-15-20)23-8-11-27-24(28-23)14-18-6-7-21-16-30(2)12-9-19(21)13-18/h4-8,10-11,13,15,17H,3,9,12,14,16H2,1-2H3. The molecule has 0 saturated carbocycles. The van der Waals surface area contributed by atoms with Gasteiger partial charge in [0, 0.05) is 62.0 Å². The van der Waals surface area contributed by atoms with Gasteiger partial charge in [-0.25, -0.2) is 9.97 Å². The van der Waals surface area contributed by atoms with Gasteiger partial charge in [0.2, 0.25) is 0 Å². The number of likely N-dealkylation sites (N-methyl/N-ethyl adjacent to an activating group) is 1. The summed E-state index contributed by atoms with van der Waals surface area (Å²) in [5.74, 6) is 0.826. The summed E-state index contributed by atoms with van der Waals surface area (Å²) in [6.07, 6.45) is 9.36. The lowest BCUT2D eigenvalue weighted by atomic mass is 9.96. The maximum Gasteiger partial charge on any atom is 0.133 e. The predicted molar refractivity (Wildman–Crippen MR) is 121 cm³/mol. The van der Waals surface area contributed by atoms with Crippen LogP contribution >= 0.6 is 0 Å². The minimum absolute atomic E-state index is 0.723. The molecule has 1 aliphatic rings. The molecule has 0 fully saturated rings. The van der Waals surface area contributed by atoms with Crippen molar-refractivity contribution in [1.82, 2.24) is 29.6 Å². The van der Waals surface area contributed by atoms with E-state index in [1.54, 1.807) is 6.20 Å². The van der Waals surface area contributed by atoms with Gasteiger partial charge in [-0.05, 0) is 55.3 Å². The van der Waals surface area contributed by atoms with Crippen molar-refractivity contribution in [2.45, 2.75) is 32.9 Å². The predicted octanol–water partition coefficient (Wildman–Crippen LogP) is 4.00. The first-order valence-electron chi connectivity index (χ1n) is 10.8. The topological polar surface area (TPSA) is 59.7 Å². The molecule has 5 rings (SSSR count). The Morgan fingerprint density at radius 1 is 1.06 bits per heavy atom. The molecule has 0 amide bonds. The minimum Gasteiger partial charge on any atom is -0.302 e. The average Bonchev–Trinajstić information content (AvgIpc) is 3.25. The lowest BCUT2D eigenvalue weighted by Gasteiger charge is -2.25. The van der Waals surface area contributed by atoms with Crippen molar-refractivity contribution >= 4 is 0 Å². The molecular weight excluding hydrogens is 384 g/mol. The SMILES string of the molecule is CCn1cc(-c2ccnc(Cc3ccc4c(c3)CCN(C)C4)n2)c(-c2cccnc2)n1. The Balaban J connectivity index is 1.46. The monoisotopic (exact) mass is 410 g/mol. The Kier molecular flexibility index (Phi) is 5.30. The molecule has 0 aliphatic carbocycles. The molecule has 6 heteroatoms. The quantitative estimate of drug-likeness (QED) is 0.498. The van der Waals surface area contributed by atoms with E-state index in [1.165, 1.54) is 16.7 Å². The van der Waals surface area contributed by atoms with Crippen molar-refractivity contribution in [2.75, 3.05) is 13.6 Å². The second-order valence-corrected chi connectivity index (χ2v) is 8.11. The van der Waals surface area contributed by atoms with Crippen LogP contribution in [0.2, 0.25) is 0 Å². The summed E-state index contributed by atoms with van der Waals surface area (Å²) in [6.45, 7) is 5.03. The maximum absolute atomic E-state index is 4.90. The van der Waals surface area contributed by atoms with E-state index in [0.717, 1.165) is 60.8 Å². The molecule has 0 saturated heterocycles. The van der Waals surface area contributed by atoms with E-state index >= 15 is 0 Å². The van der Waals surface area contributed by atoms with Gasteiger partial charge in [0.25, 0.3) is 0 Å². The zero-order valence-electron chi connectivity index (χ0n) is 18.0. The molecular formula is C25H26N6. The average molecular weight is 411 g/mol. The number of hydrogen-bond acceptors (Lipinski definition) is 5. The molecule has 156 valence electrons. The first-order valence-corrected chi connectivity index (χ1v) is 10.8. The molecule has 6 nitrogen and oxygen atoms in total. The highest BCUT2D eigenvalue weighted by atomic mass is 15.3. The zero-order valence-corrected chi connectivity index (χ0v) is 18.0. The van der Waals surface area contributed by atoms with Gasteiger partial charge < -0.3 is 4.90 Å². The highest BCUT2D eigenvalue weighted by Crippen LogP contribution is 2.29. The number of rotatable bonds is 5. The number of fused-ring (bicyclic) bond motifs is 1. The fourth-order valence-electron chi connectivity index (χ4n) is 4.16. The van der Waals surface area contributed by atoms with Gasteiger partial charge in [-0.2, -0.15) is 5.10 Å².